The van der Waals surface area contributed by atoms with Crippen LogP contribution < -0.4 is 10.2 Å². The van der Waals surface area contributed by atoms with Crippen molar-refractivity contribution in [2.45, 2.75) is 38.8 Å². The van der Waals surface area contributed by atoms with Crippen molar-refractivity contribution in [1.82, 2.24) is 24.5 Å². The number of pyridine rings is 1. The third-order valence-electron chi connectivity index (χ3n) is 6.04. The number of benzene rings is 1. The lowest BCUT2D eigenvalue weighted by molar-refractivity contribution is 0.102. The van der Waals surface area contributed by atoms with Crippen LogP contribution in [0.5, 0.6) is 0 Å². The lowest BCUT2D eigenvalue weighted by Crippen LogP contribution is -2.30. The molecule has 1 atom stereocenters. The van der Waals surface area contributed by atoms with Gasteiger partial charge in [0.1, 0.15) is 5.69 Å². The minimum atomic E-state index is -0.496. The van der Waals surface area contributed by atoms with Gasteiger partial charge in [-0.25, -0.2) is 4.98 Å². The van der Waals surface area contributed by atoms with E-state index in [2.05, 4.69) is 31.5 Å². The van der Waals surface area contributed by atoms with E-state index < -0.39 is 6.10 Å². The van der Waals surface area contributed by atoms with Gasteiger partial charge in [0, 0.05) is 43.5 Å². The molecular weight excluding hydrogens is 430 g/mol. The van der Waals surface area contributed by atoms with E-state index in [9.17, 15) is 9.90 Å². The van der Waals surface area contributed by atoms with Crippen molar-refractivity contribution < 1.29 is 9.90 Å². The van der Waals surface area contributed by atoms with Gasteiger partial charge >= 0.3 is 0 Å². The third kappa shape index (κ3) is 4.65. The van der Waals surface area contributed by atoms with E-state index in [1.807, 2.05) is 37.6 Å². The number of piperidine rings is 1. The molecule has 176 valence electrons. The summed E-state index contributed by atoms with van der Waals surface area (Å²) in [7, 11) is 1.90. The van der Waals surface area contributed by atoms with Crippen LogP contribution >= 0.6 is 0 Å². The Morgan fingerprint density at radius 2 is 2.00 bits per heavy atom. The molecule has 0 radical (unpaired) electrons. The van der Waals surface area contributed by atoms with Gasteiger partial charge < -0.3 is 15.3 Å². The number of amides is 1. The van der Waals surface area contributed by atoms with Gasteiger partial charge in [-0.05, 0) is 50.5 Å². The molecule has 0 aliphatic carbocycles. The average molecular weight is 460 g/mol. The second-order valence-corrected chi connectivity index (χ2v) is 8.94. The number of rotatable bonds is 6. The lowest BCUT2D eigenvalue weighted by Gasteiger charge is -2.30. The van der Waals surface area contributed by atoms with Crippen molar-refractivity contribution in [3.8, 4) is 11.3 Å². The van der Waals surface area contributed by atoms with Gasteiger partial charge in [0.25, 0.3) is 5.91 Å². The monoisotopic (exact) mass is 459 g/mol. The van der Waals surface area contributed by atoms with E-state index in [-0.39, 0.29) is 5.91 Å². The van der Waals surface area contributed by atoms with Crippen LogP contribution in [0, 0.1) is 0 Å². The lowest BCUT2D eigenvalue weighted by atomic mass is 10.1. The number of nitrogens with zero attached hydrogens (tertiary/aromatic N) is 6. The summed E-state index contributed by atoms with van der Waals surface area (Å²) in [4.78, 5) is 20.2. The van der Waals surface area contributed by atoms with Gasteiger partial charge in [0.2, 0.25) is 0 Å². The summed E-state index contributed by atoms with van der Waals surface area (Å²) in [5.41, 5.74) is 4.45. The molecule has 34 heavy (non-hydrogen) atoms. The normalized spacial score (nSPS) is 15.0. The molecule has 1 amide bonds. The van der Waals surface area contributed by atoms with E-state index in [0.717, 1.165) is 53.8 Å². The van der Waals surface area contributed by atoms with Gasteiger partial charge in [0.15, 0.2) is 0 Å². The van der Waals surface area contributed by atoms with Crippen molar-refractivity contribution in [1.29, 1.82) is 0 Å². The molecular formula is C25H29N7O2. The van der Waals surface area contributed by atoms with Crippen LogP contribution in [0.1, 0.15) is 36.7 Å². The minimum Gasteiger partial charge on any atom is -0.391 e. The number of aliphatic hydroxyl groups is 1. The maximum Gasteiger partial charge on any atom is 0.274 e. The standard InChI is InChI=1S/C25H29N7O2/c1-17(33)14-32-16-19(13-26-32)20-7-6-8-21(27-20)25(34)28-23-11-18-15-30(2)29-22(18)12-24(23)31-9-4-3-5-10-31/h6-8,11-13,15-17,33H,3-5,9-10,14H2,1-2H3,(H,28,34). The van der Waals surface area contributed by atoms with Gasteiger partial charge in [0.05, 0.1) is 41.4 Å². The molecule has 0 spiro atoms. The molecule has 4 heterocycles. The highest BCUT2D eigenvalue weighted by Crippen LogP contribution is 2.33. The van der Waals surface area contributed by atoms with Crippen LogP contribution in [0.2, 0.25) is 0 Å². The molecule has 1 saturated heterocycles. The second kappa shape index (κ2) is 9.26. The Bertz CT molecular complexity index is 1320. The van der Waals surface area contributed by atoms with Gasteiger partial charge in [-0.3, -0.25) is 14.2 Å². The summed E-state index contributed by atoms with van der Waals surface area (Å²) < 4.78 is 3.46. The number of hydrogen-bond donors (Lipinski definition) is 2. The summed E-state index contributed by atoms with van der Waals surface area (Å²) in [5.74, 6) is -0.264. The second-order valence-electron chi connectivity index (χ2n) is 8.94. The molecule has 1 aliphatic rings. The molecule has 9 nitrogen and oxygen atoms in total. The Morgan fingerprint density at radius 1 is 1.18 bits per heavy atom. The van der Waals surface area contributed by atoms with Crippen LogP contribution in [0.25, 0.3) is 22.2 Å². The SMILES string of the molecule is CC(O)Cn1cc(-c2cccc(C(=O)Nc3cc4cn(C)nc4cc3N3CCCCC3)n2)cn1. The minimum absolute atomic E-state index is 0.264. The molecule has 2 N–H and O–H groups in total. The number of carbonyl (C=O) groups is 1. The molecule has 0 bridgehead atoms. The zero-order valence-electron chi connectivity index (χ0n) is 19.5. The maximum absolute atomic E-state index is 13.3. The first-order valence-electron chi connectivity index (χ1n) is 11.7. The van der Waals surface area contributed by atoms with Gasteiger partial charge in [-0.15, -0.1) is 0 Å². The number of anilines is 2. The van der Waals surface area contributed by atoms with E-state index in [1.165, 1.54) is 6.42 Å². The van der Waals surface area contributed by atoms with Crippen LogP contribution in [-0.2, 0) is 13.6 Å². The van der Waals surface area contributed by atoms with E-state index in [1.54, 1.807) is 28.6 Å². The Labute approximate surface area is 198 Å². The summed E-state index contributed by atoms with van der Waals surface area (Å²) >= 11 is 0. The summed E-state index contributed by atoms with van der Waals surface area (Å²) in [6, 6.07) is 9.44. The van der Waals surface area contributed by atoms with Gasteiger partial charge in [-0.1, -0.05) is 6.07 Å². The molecule has 1 fully saturated rings. The topological polar surface area (TPSA) is 101 Å². The first kappa shape index (κ1) is 22.1. The molecule has 1 unspecified atom stereocenters. The first-order valence-corrected chi connectivity index (χ1v) is 11.7. The maximum atomic E-state index is 13.3. The number of nitrogens with one attached hydrogen (secondary N) is 1. The van der Waals surface area contributed by atoms with Crippen molar-refractivity contribution in [2.75, 3.05) is 23.3 Å². The summed E-state index contributed by atoms with van der Waals surface area (Å²) in [5, 5.41) is 22.5. The number of aryl methyl sites for hydroxylation is 1. The zero-order chi connectivity index (χ0) is 23.7. The molecule has 1 aliphatic heterocycles. The van der Waals surface area contributed by atoms with E-state index in [4.69, 9.17) is 0 Å². The van der Waals surface area contributed by atoms with Crippen LogP contribution in [-0.4, -0.2) is 54.8 Å². The van der Waals surface area contributed by atoms with Crippen molar-refractivity contribution in [2.24, 2.45) is 7.05 Å². The Balaban J connectivity index is 1.43. The number of hydrogen-bond acceptors (Lipinski definition) is 6. The molecule has 1 aromatic carbocycles. The number of carbonyl (C=O) groups excluding carboxylic acids is 1. The fraction of sp³-hybridized carbons (Fsp3) is 0.360. The number of aromatic nitrogens is 5. The van der Waals surface area contributed by atoms with E-state index in [0.29, 0.717) is 17.9 Å². The van der Waals surface area contributed by atoms with Gasteiger partial charge in [-0.2, -0.15) is 10.2 Å². The average Bonchev–Trinajstić information content (AvgIpc) is 3.44. The third-order valence-corrected chi connectivity index (χ3v) is 6.04. The predicted molar refractivity (Wildman–Crippen MR) is 132 cm³/mol. The fourth-order valence-corrected chi connectivity index (χ4v) is 4.46. The number of fused-ring (bicyclic) bond motifs is 1. The summed E-state index contributed by atoms with van der Waals surface area (Å²) in [6.07, 6.45) is 8.48. The van der Waals surface area contributed by atoms with Crippen LogP contribution in [0.4, 0.5) is 11.4 Å². The Morgan fingerprint density at radius 3 is 2.79 bits per heavy atom. The largest absolute Gasteiger partial charge is 0.391 e. The molecule has 3 aromatic heterocycles. The van der Waals surface area contributed by atoms with Crippen molar-refractivity contribution in [3.05, 3.63) is 54.6 Å². The van der Waals surface area contributed by atoms with E-state index >= 15 is 0 Å². The van der Waals surface area contributed by atoms with Crippen LogP contribution in [0.3, 0.4) is 0 Å². The highest BCUT2D eigenvalue weighted by atomic mass is 16.3. The highest BCUT2D eigenvalue weighted by molar-refractivity contribution is 6.06. The van der Waals surface area contributed by atoms with Crippen LogP contribution in [0.15, 0.2) is 48.9 Å². The summed E-state index contributed by atoms with van der Waals surface area (Å²) in [6.45, 7) is 4.04. The van der Waals surface area contributed by atoms with Crippen molar-refractivity contribution >= 4 is 28.2 Å². The first-order chi connectivity index (χ1) is 16.5. The molecule has 9 heteroatoms. The molecule has 4 aromatic rings. The zero-order valence-corrected chi connectivity index (χ0v) is 19.5. The Kier molecular flexibility index (Phi) is 6.02. The highest BCUT2D eigenvalue weighted by Gasteiger charge is 2.19. The predicted octanol–water partition coefficient (Wildman–Crippen LogP) is 3.46. The van der Waals surface area contributed by atoms with Crippen molar-refractivity contribution in [3.63, 3.8) is 0 Å². The number of aliphatic hydroxyl groups excluding tert-OH is 1. The molecule has 5 rings (SSSR count). The quantitative estimate of drug-likeness (QED) is 0.458. The molecule has 0 saturated carbocycles. The fourth-order valence-electron chi connectivity index (χ4n) is 4.46. The Hall–Kier alpha value is -3.72. The smallest absolute Gasteiger partial charge is 0.274 e.